The highest BCUT2D eigenvalue weighted by Crippen LogP contribution is 2.25. The fourth-order valence-electron chi connectivity index (χ4n) is 1.72. The monoisotopic (exact) mass is 310 g/mol. The van der Waals surface area contributed by atoms with Crippen molar-refractivity contribution in [3.8, 4) is 11.5 Å². The Kier molecular flexibility index (Phi) is 7.60. The lowest BCUT2D eigenvalue weighted by atomic mass is 10.3. The van der Waals surface area contributed by atoms with Crippen molar-refractivity contribution >= 4 is 17.7 Å². The average molecular weight is 310 g/mol. The summed E-state index contributed by atoms with van der Waals surface area (Å²) in [6.07, 6.45) is 0.800. The normalized spacial score (nSPS) is 9.77. The zero-order valence-electron chi connectivity index (χ0n) is 13.1. The molecule has 2 amide bonds. The number of carbonyl (C=O) groups excluding carboxylic acids is 2. The van der Waals surface area contributed by atoms with Crippen molar-refractivity contribution in [3.05, 3.63) is 18.2 Å². The van der Waals surface area contributed by atoms with Gasteiger partial charge in [0, 0.05) is 36.9 Å². The number of methoxy groups -OCH3 is 2. The fraction of sp³-hybridized carbons (Fsp3) is 0.467. The molecule has 0 unspecified atom stereocenters. The van der Waals surface area contributed by atoms with Crippen molar-refractivity contribution < 1.29 is 23.8 Å². The van der Waals surface area contributed by atoms with Crippen LogP contribution in [0.4, 0.5) is 10.5 Å². The molecule has 1 aromatic rings. The highest BCUT2D eigenvalue weighted by atomic mass is 16.5. The van der Waals surface area contributed by atoms with Crippen molar-refractivity contribution in [2.24, 2.45) is 0 Å². The van der Waals surface area contributed by atoms with Gasteiger partial charge in [0.25, 0.3) is 0 Å². The minimum atomic E-state index is -0.362. The van der Waals surface area contributed by atoms with Crippen LogP contribution in [-0.2, 0) is 9.53 Å². The minimum absolute atomic E-state index is 0.262. The Hall–Kier alpha value is -2.44. The van der Waals surface area contributed by atoms with E-state index < -0.39 is 0 Å². The van der Waals surface area contributed by atoms with E-state index in [1.54, 1.807) is 25.1 Å². The van der Waals surface area contributed by atoms with Crippen LogP contribution < -0.4 is 20.1 Å². The molecular formula is C15H22N2O5. The number of nitrogens with one attached hydrogen (secondary N) is 2. The number of hydrogen-bond donors (Lipinski definition) is 2. The number of esters is 1. The topological polar surface area (TPSA) is 85.9 Å². The van der Waals surface area contributed by atoms with E-state index in [1.807, 2.05) is 0 Å². The number of rotatable bonds is 8. The van der Waals surface area contributed by atoms with E-state index in [0.29, 0.717) is 36.8 Å². The maximum Gasteiger partial charge on any atom is 0.319 e. The van der Waals surface area contributed by atoms with E-state index in [4.69, 9.17) is 14.2 Å². The third-order valence-corrected chi connectivity index (χ3v) is 2.76. The number of anilines is 1. The summed E-state index contributed by atoms with van der Waals surface area (Å²) < 4.78 is 15.0. The van der Waals surface area contributed by atoms with E-state index in [9.17, 15) is 9.59 Å². The Morgan fingerprint density at radius 2 is 1.73 bits per heavy atom. The molecule has 1 rings (SSSR count). The molecule has 0 saturated carbocycles. The maximum absolute atomic E-state index is 11.8. The maximum atomic E-state index is 11.8. The van der Waals surface area contributed by atoms with Gasteiger partial charge in [-0.3, -0.25) is 4.79 Å². The quantitative estimate of drug-likeness (QED) is 0.568. The summed E-state index contributed by atoms with van der Waals surface area (Å²) in [5.74, 6) is 0.899. The van der Waals surface area contributed by atoms with Crippen LogP contribution in [0.3, 0.4) is 0 Å². The van der Waals surface area contributed by atoms with Gasteiger partial charge < -0.3 is 24.8 Å². The summed E-state index contributed by atoms with van der Waals surface area (Å²) in [6, 6.07) is 4.71. The van der Waals surface area contributed by atoms with E-state index >= 15 is 0 Å². The summed E-state index contributed by atoms with van der Waals surface area (Å²) in [7, 11) is 3.07. The standard InChI is InChI=1S/C15H22N2O5/c1-4-22-14(18)6-5-7-16-15(19)17-11-8-12(20-2)10-13(9-11)21-3/h8-10H,4-7H2,1-3H3,(H2,16,17,19). The Morgan fingerprint density at radius 3 is 2.27 bits per heavy atom. The highest BCUT2D eigenvalue weighted by molar-refractivity contribution is 5.89. The lowest BCUT2D eigenvalue weighted by Gasteiger charge is -2.10. The molecule has 0 saturated heterocycles. The molecule has 1 aromatic carbocycles. The Balaban J connectivity index is 2.40. The molecule has 0 fully saturated rings. The second-order valence-corrected chi connectivity index (χ2v) is 4.39. The van der Waals surface area contributed by atoms with Gasteiger partial charge in [-0.1, -0.05) is 0 Å². The van der Waals surface area contributed by atoms with Crippen molar-refractivity contribution in [2.45, 2.75) is 19.8 Å². The smallest absolute Gasteiger partial charge is 0.319 e. The number of urea groups is 1. The molecule has 0 aliphatic rings. The molecule has 7 nitrogen and oxygen atoms in total. The first kappa shape index (κ1) is 17.6. The first-order valence-corrected chi connectivity index (χ1v) is 7.02. The number of carbonyl (C=O) groups is 2. The van der Waals surface area contributed by atoms with Gasteiger partial charge in [0.15, 0.2) is 0 Å². The zero-order valence-corrected chi connectivity index (χ0v) is 13.1. The number of amides is 2. The molecule has 0 aromatic heterocycles. The molecule has 0 bridgehead atoms. The van der Waals surface area contributed by atoms with Gasteiger partial charge in [0.2, 0.25) is 0 Å². The molecule has 7 heteroatoms. The molecule has 0 aliphatic carbocycles. The lowest BCUT2D eigenvalue weighted by molar-refractivity contribution is -0.143. The van der Waals surface area contributed by atoms with E-state index in [-0.39, 0.29) is 18.4 Å². The van der Waals surface area contributed by atoms with Gasteiger partial charge in [-0.25, -0.2) is 4.79 Å². The molecule has 0 atom stereocenters. The molecule has 122 valence electrons. The second kappa shape index (κ2) is 9.49. The number of hydrogen-bond acceptors (Lipinski definition) is 5. The fourth-order valence-corrected chi connectivity index (χ4v) is 1.72. The van der Waals surface area contributed by atoms with Gasteiger partial charge in [-0.05, 0) is 13.3 Å². The van der Waals surface area contributed by atoms with Crippen LogP contribution in [0.15, 0.2) is 18.2 Å². The number of ether oxygens (including phenoxy) is 3. The van der Waals surface area contributed by atoms with Crippen LogP contribution in [-0.4, -0.2) is 39.4 Å². The van der Waals surface area contributed by atoms with Crippen LogP contribution in [0, 0.1) is 0 Å². The van der Waals surface area contributed by atoms with Gasteiger partial charge in [0.1, 0.15) is 11.5 Å². The van der Waals surface area contributed by atoms with E-state index in [2.05, 4.69) is 10.6 Å². The van der Waals surface area contributed by atoms with Crippen LogP contribution >= 0.6 is 0 Å². The average Bonchev–Trinajstić information content (AvgIpc) is 2.51. The third-order valence-electron chi connectivity index (χ3n) is 2.76. The molecule has 0 aliphatic heterocycles. The van der Waals surface area contributed by atoms with Crippen LogP contribution in [0.1, 0.15) is 19.8 Å². The van der Waals surface area contributed by atoms with Crippen LogP contribution in [0.5, 0.6) is 11.5 Å². The Bertz CT molecular complexity index is 482. The van der Waals surface area contributed by atoms with Crippen LogP contribution in [0.2, 0.25) is 0 Å². The SMILES string of the molecule is CCOC(=O)CCCNC(=O)Nc1cc(OC)cc(OC)c1. The van der Waals surface area contributed by atoms with E-state index in [0.717, 1.165) is 0 Å². The summed E-state index contributed by atoms with van der Waals surface area (Å²) in [5.41, 5.74) is 0.555. The van der Waals surface area contributed by atoms with Gasteiger partial charge in [-0.2, -0.15) is 0 Å². The van der Waals surface area contributed by atoms with Gasteiger partial charge >= 0.3 is 12.0 Å². The molecule has 0 heterocycles. The Morgan fingerprint density at radius 1 is 1.09 bits per heavy atom. The Labute approximate surface area is 129 Å². The predicted octanol–water partition coefficient (Wildman–Crippen LogP) is 2.17. The largest absolute Gasteiger partial charge is 0.497 e. The highest BCUT2D eigenvalue weighted by Gasteiger charge is 2.06. The lowest BCUT2D eigenvalue weighted by Crippen LogP contribution is -2.29. The molecule has 0 radical (unpaired) electrons. The molecular weight excluding hydrogens is 288 g/mol. The van der Waals surface area contributed by atoms with Crippen molar-refractivity contribution in [2.75, 3.05) is 32.7 Å². The molecule has 2 N–H and O–H groups in total. The summed E-state index contributed by atoms with van der Waals surface area (Å²) in [6.45, 7) is 2.50. The van der Waals surface area contributed by atoms with Crippen molar-refractivity contribution in [3.63, 3.8) is 0 Å². The minimum Gasteiger partial charge on any atom is -0.497 e. The van der Waals surface area contributed by atoms with Crippen molar-refractivity contribution in [1.29, 1.82) is 0 Å². The third kappa shape index (κ3) is 6.34. The zero-order chi connectivity index (χ0) is 16.4. The predicted molar refractivity (Wildman–Crippen MR) is 82.4 cm³/mol. The first-order chi connectivity index (χ1) is 10.6. The number of benzene rings is 1. The van der Waals surface area contributed by atoms with Gasteiger partial charge in [0.05, 0.1) is 20.8 Å². The summed E-state index contributed by atoms with van der Waals surface area (Å²) in [4.78, 5) is 22.9. The van der Waals surface area contributed by atoms with Crippen molar-refractivity contribution in [1.82, 2.24) is 5.32 Å². The molecule has 0 spiro atoms. The van der Waals surface area contributed by atoms with Crippen LogP contribution in [0.25, 0.3) is 0 Å². The first-order valence-electron chi connectivity index (χ1n) is 7.02. The van der Waals surface area contributed by atoms with E-state index in [1.165, 1.54) is 14.2 Å². The second-order valence-electron chi connectivity index (χ2n) is 4.39. The summed E-state index contributed by atoms with van der Waals surface area (Å²) >= 11 is 0. The molecule has 22 heavy (non-hydrogen) atoms. The van der Waals surface area contributed by atoms with Gasteiger partial charge in [-0.15, -0.1) is 0 Å². The summed E-state index contributed by atoms with van der Waals surface area (Å²) in [5, 5.41) is 5.34.